The Kier molecular flexibility index (Phi) is 7.06. The molecule has 8 nitrogen and oxygen atoms in total. The van der Waals surface area contributed by atoms with Gasteiger partial charge in [0.1, 0.15) is 0 Å². The van der Waals surface area contributed by atoms with Crippen molar-refractivity contribution in [2.75, 3.05) is 0 Å². The molecule has 0 spiro atoms. The molecule has 0 bridgehead atoms. The van der Waals surface area contributed by atoms with Crippen LogP contribution in [0.1, 0.15) is 43.8 Å². The highest BCUT2D eigenvalue weighted by Gasteiger charge is 2.22. The minimum atomic E-state index is -0.434. The molecule has 0 fully saturated rings. The summed E-state index contributed by atoms with van der Waals surface area (Å²) in [5.74, 6) is 1.02. The Balaban J connectivity index is 1.96. The van der Waals surface area contributed by atoms with Crippen LogP contribution in [0.15, 0.2) is 53.7 Å². The predicted molar refractivity (Wildman–Crippen MR) is 120 cm³/mol. The number of amides is 1. The van der Waals surface area contributed by atoms with Gasteiger partial charge in [-0.1, -0.05) is 49.9 Å². The number of carbonyl (C=O) groups is 1. The fraction of sp³-hybridized carbons (Fsp3) is 0.318. The van der Waals surface area contributed by atoms with Crippen LogP contribution in [-0.2, 0) is 10.5 Å². The van der Waals surface area contributed by atoms with E-state index in [1.54, 1.807) is 12.1 Å². The number of nitro benzene ring substituents is 1. The standard InChI is InChI=1S/C22H25N5O3S/c1-14(2)21(28)23-16(4)20-24-25-22(31-13-17-8-6-5-7-15(17)3)26(20)18-9-11-19(12-10-18)27(29)30/h5-12,14,16H,13H2,1-4H3,(H,23,28). The van der Waals surface area contributed by atoms with Gasteiger partial charge in [0.15, 0.2) is 11.0 Å². The molecule has 1 amide bonds. The first-order valence-corrected chi connectivity index (χ1v) is 10.9. The first-order valence-electron chi connectivity index (χ1n) is 9.95. The second-order valence-corrected chi connectivity index (χ2v) is 8.49. The number of non-ortho nitro benzene ring substituents is 1. The summed E-state index contributed by atoms with van der Waals surface area (Å²) in [5, 5.41) is 23.3. The van der Waals surface area contributed by atoms with Gasteiger partial charge in [-0.25, -0.2) is 0 Å². The second kappa shape index (κ2) is 9.74. The van der Waals surface area contributed by atoms with Gasteiger partial charge in [-0.3, -0.25) is 19.5 Å². The van der Waals surface area contributed by atoms with Gasteiger partial charge in [-0.2, -0.15) is 0 Å². The van der Waals surface area contributed by atoms with Gasteiger partial charge < -0.3 is 5.32 Å². The van der Waals surface area contributed by atoms with Crippen molar-refractivity contribution in [3.05, 3.63) is 75.6 Å². The highest BCUT2D eigenvalue weighted by atomic mass is 32.2. The van der Waals surface area contributed by atoms with Gasteiger partial charge in [-0.15, -0.1) is 10.2 Å². The zero-order valence-electron chi connectivity index (χ0n) is 17.9. The third-order valence-corrected chi connectivity index (χ3v) is 5.84. The van der Waals surface area contributed by atoms with E-state index in [9.17, 15) is 14.9 Å². The van der Waals surface area contributed by atoms with Crippen LogP contribution in [0.4, 0.5) is 5.69 Å². The molecule has 0 aliphatic rings. The van der Waals surface area contributed by atoms with E-state index >= 15 is 0 Å². The minimum absolute atomic E-state index is 0.00801. The van der Waals surface area contributed by atoms with Crippen molar-refractivity contribution >= 4 is 23.4 Å². The van der Waals surface area contributed by atoms with Crippen molar-refractivity contribution < 1.29 is 9.72 Å². The molecule has 0 aliphatic heterocycles. The highest BCUT2D eigenvalue weighted by molar-refractivity contribution is 7.98. The first-order chi connectivity index (χ1) is 14.8. The number of nitrogens with zero attached hydrogens (tertiary/aromatic N) is 4. The van der Waals surface area contributed by atoms with Crippen LogP contribution in [0.5, 0.6) is 0 Å². The van der Waals surface area contributed by atoms with E-state index in [2.05, 4.69) is 34.6 Å². The molecule has 1 N–H and O–H groups in total. The summed E-state index contributed by atoms with van der Waals surface area (Å²) >= 11 is 1.53. The molecule has 0 radical (unpaired) electrons. The minimum Gasteiger partial charge on any atom is -0.346 e. The lowest BCUT2D eigenvalue weighted by molar-refractivity contribution is -0.384. The van der Waals surface area contributed by atoms with Crippen LogP contribution in [-0.4, -0.2) is 25.6 Å². The molecule has 3 aromatic rings. The van der Waals surface area contributed by atoms with Crippen molar-refractivity contribution in [2.45, 2.75) is 44.6 Å². The van der Waals surface area contributed by atoms with Gasteiger partial charge in [-0.05, 0) is 37.1 Å². The Bertz CT molecular complexity index is 1080. The van der Waals surface area contributed by atoms with E-state index in [1.165, 1.54) is 35.0 Å². The average Bonchev–Trinajstić information content (AvgIpc) is 3.17. The summed E-state index contributed by atoms with van der Waals surface area (Å²) in [6.07, 6.45) is 0. The average molecular weight is 440 g/mol. The fourth-order valence-corrected chi connectivity index (χ4v) is 4.02. The normalized spacial score (nSPS) is 12.0. The number of nitrogens with one attached hydrogen (secondary N) is 1. The molecule has 0 aliphatic carbocycles. The SMILES string of the molecule is Cc1ccccc1CSc1nnc(C(C)NC(=O)C(C)C)n1-c1ccc([N+](=O)[O-])cc1. The quantitative estimate of drug-likeness (QED) is 0.312. The molecule has 162 valence electrons. The highest BCUT2D eigenvalue weighted by Crippen LogP contribution is 2.29. The third-order valence-electron chi connectivity index (χ3n) is 4.87. The molecule has 0 saturated carbocycles. The molecule has 1 aromatic heterocycles. The van der Waals surface area contributed by atoms with E-state index < -0.39 is 4.92 Å². The predicted octanol–water partition coefficient (Wildman–Crippen LogP) is 4.61. The zero-order chi connectivity index (χ0) is 22.5. The summed E-state index contributed by atoms with van der Waals surface area (Å²) in [6.45, 7) is 7.56. The molecule has 31 heavy (non-hydrogen) atoms. The summed E-state index contributed by atoms with van der Waals surface area (Å²) in [5.41, 5.74) is 3.08. The van der Waals surface area contributed by atoms with E-state index in [0.29, 0.717) is 22.4 Å². The molecular formula is C22H25N5O3S. The summed E-state index contributed by atoms with van der Waals surface area (Å²) < 4.78 is 1.85. The van der Waals surface area contributed by atoms with Crippen molar-refractivity contribution in [3.8, 4) is 5.69 Å². The van der Waals surface area contributed by atoms with Gasteiger partial charge in [0, 0.05) is 29.5 Å². The van der Waals surface area contributed by atoms with Gasteiger partial charge in [0.25, 0.3) is 5.69 Å². The summed E-state index contributed by atoms with van der Waals surface area (Å²) in [6, 6.07) is 14.0. The summed E-state index contributed by atoms with van der Waals surface area (Å²) in [7, 11) is 0. The number of hydrogen-bond acceptors (Lipinski definition) is 6. The number of benzene rings is 2. The van der Waals surface area contributed by atoms with Crippen LogP contribution in [0.2, 0.25) is 0 Å². The number of carbonyl (C=O) groups excluding carboxylic acids is 1. The Morgan fingerprint density at radius 1 is 1.13 bits per heavy atom. The molecule has 1 unspecified atom stereocenters. The number of thioether (sulfide) groups is 1. The number of aromatic nitrogens is 3. The van der Waals surface area contributed by atoms with Crippen molar-refractivity contribution in [1.29, 1.82) is 0 Å². The van der Waals surface area contributed by atoms with Gasteiger partial charge in [0.05, 0.1) is 11.0 Å². The number of hydrogen-bond donors (Lipinski definition) is 1. The number of rotatable bonds is 8. The van der Waals surface area contributed by atoms with Crippen molar-refractivity contribution in [2.24, 2.45) is 5.92 Å². The van der Waals surface area contributed by atoms with Crippen molar-refractivity contribution in [3.63, 3.8) is 0 Å². The van der Waals surface area contributed by atoms with E-state index in [0.717, 1.165) is 0 Å². The lowest BCUT2D eigenvalue weighted by Gasteiger charge is -2.17. The Morgan fingerprint density at radius 3 is 2.42 bits per heavy atom. The van der Waals surface area contributed by atoms with Crippen LogP contribution in [0.25, 0.3) is 5.69 Å². The smallest absolute Gasteiger partial charge is 0.269 e. The van der Waals surface area contributed by atoms with Crippen LogP contribution in [0, 0.1) is 23.0 Å². The molecular weight excluding hydrogens is 414 g/mol. The number of nitro groups is 1. The van der Waals surface area contributed by atoms with Crippen LogP contribution in [0.3, 0.4) is 0 Å². The van der Waals surface area contributed by atoms with Crippen molar-refractivity contribution in [1.82, 2.24) is 20.1 Å². The Labute approximate surface area is 185 Å². The first kappa shape index (κ1) is 22.5. The van der Waals surface area contributed by atoms with Gasteiger partial charge in [0.2, 0.25) is 5.91 Å². The maximum Gasteiger partial charge on any atom is 0.269 e. The molecule has 3 rings (SSSR count). The largest absolute Gasteiger partial charge is 0.346 e. The van der Waals surface area contributed by atoms with E-state index in [1.807, 2.05) is 37.5 Å². The Morgan fingerprint density at radius 2 is 1.81 bits per heavy atom. The summed E-state index contributed by atoms with van der Waals surface area (Å²) in [4.78, 5) is 22.8. The monoisotopic (exact) mass is 439 g/mol. The lowest BCUT2D eigenvalue weighted by atomic mass is 10.1. The molecule has 9 heteroatoms. The fourth-order valence-electron chi connectivity index (χ4n) is 2.98. The molecule has 1 atom stereocenters. The lowest BCUT2D eigenvalue weighted by Crippen LogP contribution is -2.31. The second-order valence-electron chi connectivity index (χ2n) is 7.55. The van der Waals surface area contributed by atoms with Crippen LogP contribution < -0.4 is 5.32 Å². The van der Waals surface area contributed by atoms with Crippen LogP contribution >= 0.6 is 11.8 Å². The maximum atomic E-state index is 12.2. The van der Waals surface area contributed by atoms with Gasteiger partial charge >= 0.3 is 0 Å². The topological polar surface area (TPSA) is 103 Å². The zero-order valence-corrected chi connectivity index (χ0v) is 18.7. The maximum absolute atomic E-state index is 12.2. The van der Waals surface area contributed by atoms with E-state index in [-0.39, 0.29) is 23.6 Å². The number of aryl methyl sites for hydroxylation is 1. The molecule has 0 saturated heterocycles. The Hall–Kier alpha value is -3.20. The molecule has 1 heterocycles. The molecule has 2 aromatic carbocycles. The third kappa shape index (κ3) is 5.29. The van der Waals surface area contributed by atoms with E-state index in [4.69, 9.17) is 0 Å².